The third-order valence-corrected chi connectivity index (χ3v) is 4.28. The molecule has 0 bridgehead atoms. The Hall–Kier alpha value is -3.36. The average molecular weight is 371 g/mol. The number of fused-ring (bicyclic) bond motifs is 1. The summed E-state index contributed by atoms with van der Waals surface area (Å²) in [5.74, 6) is -2.43. The standard InChI is InChI=1S/C18H15F2N5O2/c19-15-3-2-12(8-16(15)20)17(26)24-9-13-4-7-23-25(13)14(10-24)11-27-18-21-5-1-6-22-18/h1-8,14H,9-11H2. The lowest BCUT2D eigenvalue weighted by atomic mass is 10.1. The molecule has 0 spiro atoms. The quantitative estimate of drug-likeness (QED) is 0.703. The van der Waals surface area contributed by atoms with Gasteiger partial charge in [0.1, 0.15) is 12.6 Å². The molecule has 0 saturated carbocycles. The molecule has 138 valence electrons. The van der Waals surface area contributed by atoms with Gasteiger partial charge in [-0.1, -0.05) is 0 Å². The monoisotopic (exact) mass is 371 g/mol. The summed E-state index contributed by atoms with van der Waals surface area (Å²) in [4.78, 5) is 22.3. The van der Waals surface area contributed by atoms with Crippen molar-refractivity contribution < 1.29 is 18.3 Å². The van der Waals surface area contributed by atoms with Gasteiger partial charge in [0.25, 0.3) is 5.91 Å². The molecule has 1 unspecified atom stereocenters. The van der Waals surface area contributed by atoms with Crippen molar-refractivity contribution in [3.05, 3.63) is 71.8 Å². The normalized spacial score (nSPS) is 16.1. The molecule has 3 aromatic rings. The second-order valence-corrected chi connectivity index (χ2v) is 6.08. The number of benzene rings is 1. The minimum absolute atomic E-state index is 0.0907. The Bertz CT molecular complexity index is 963. The van der Waals surface area contributed by atoms with E-state index in [4.69, 9.17) is 4.74 Å². The van der Waals surface area contributed by atoms with Crippen LogP contribution < -0.4 is 4.74 Å². The van der Waals surface area contributed by atoms with Crippen molar-refractivity contribution in [1.29, 1.82) is 0 Å². The van der Waals surface area contributed by atoms with E-state index in [0.717, 1.165) is 17.8 Å². The van der Waals surface area contributed by atoms with Gasteiger partial charge in [0.15, 0.2) is 11.6 Å². The van der Waals surface area contributed by atoms with Crippen LogP contribution in [-0.2, 0) is 6.54 Å². The second kappa shape index (κ2) is 7.10. The molecule has 1 aliphatic rings. The van der Waals surface area contributed by atoms with Crippen molar-refractivity contribution in [2.75, 3.05) is 13.2 Å². The van der Waals surface area contributed by atoms with Gasteiger partial charge in [-0.25, -0.2) is 18.7 Å². The maximum absolute atomic E-state index is 13.5. The number of ether oxygens (including phenoxy) is 1. The van der Waals surface area contributed by atoms with Gasteiger partial charge < -0.3 is 9.64 Å². The van der Waals surface area contributed by atoms with Crippen LogP contribution in [0.5, 0.6) is 6.01 Å². The van der Waals surface area contributed by atoms with Gasteiger partial charge in [-0.15, -0.1) is 0 Å². The summed E-state index contributed by atoms with van der Waals surface area (Å²) in [5.41, 5.74) is 0.910. The number of hydrogen-bond donors (Lipinski definition) is 0. The third-order valence-electron chi connectivity index (χ3n) is 4.28. The summed E-state index contributed by atoms with van der Waals surface area (Å²) in [6.07, 6.45) is 4.79. The first-order valence-electron chi connectivity index (χ1n) is 8.28. The van der Waals surface area contributed by atoms with E-state index in [1.54, 1.807) is 40.3 Å². The number of amides is 1. The number of halogens is 2. The topological polar surface area (TPSA) is 73.1 Å². The molecule has 3 heterocycles. The van der Waals surface area contributed by atoms with Crippen molar-refractivity contribution in [2.24, 2.45) is 0 Å². The molecule has 1 aromatic carbocycles. The number of rotatable bonds is 4. The fourth-order valence-electron chi connectivity index (χ4n) is 3.01. The molecule has 2 aromatic heterocycles. The van der Waals surface area contributed by atoms with E-state index in [0.29, 0.717) is 13.1 Å². The van der Waals surface area contributed by atoms with Crippen LogP contribution in [0.25, 0.3) is 0 Å². The molecule has 1 aliphatic heterocycles. The zero-order valence-electron chi connectivity index (χ0n) is 14.1. The first-order valence-corrected chi connectivity index (χ1v) is 8.28. The van der Waals surface area contributed by atoms with Crippen molar-refractivity contribution in [3.8, 4) is 6.01 Å². The molecule has 0 N–H and O–H groups in total. The van der Waals surface area contributed by atoms with Crippen LogP contribution in [0.3, 0.4) is 0 Å². The van der Waals surface area contributed by atoms with E-state index in [2.05, 4.69) is 15.1 Å². The number of carbonyl (C=O) groups excluding carboxylic acids is 1. The van der Waals surface area contributed by atoms with Crippen LogP contribution >= 0.6 is 0 Å². The first kappa shape index (κ1) is 17.1. The SMILES string of the molecule is O=C(c1ccc(F)c(F)c1)N1Cc2ccnn2C(COc2ncccn2)C1. The number of carbonyl (C=O) groups is 1. The van der Waals surface area contributed by atoms with Gasteiger partial charge in [0.05, 0.1) is 12.2 Å². The van der Waals surface area contributed by atoms with Gasteiger partial charge in [-0.2, -0.15) is 5.10 Å². The average Bonchev–Trinajstić information content (AvgIpc) is 3.17. The van der Waals surface area contributed by atoms with Crippen molar-refractivity contribution >= 4 is 5.91 Å². The molecule has 1 atom stereocenters. The predicted molar refractivity (Wildman–Crippen MR) is 89.9 cm³/mol. The molecule has 9 heteroatoms. The Morgan fingerprint density at radius 2 is 1.96 bits per heavy atom. The van der Waals surface area contributed by atoms with Gasteiger partial charge >= 0.3 is 6.01 Å². The van der Waals surface area contributed by atoms with E-state index in [1.165, 1.54) is 6.07 Å². The Morgan fingerprint density at radius 3 is 2.74 bits per heavy atom. The summed E-state index contributed by atoms with van der Waals surface area (Å²) in [6, 6.07) is 6.59. The highest BCUT2D eigenvalue weighted by Gasteiger charge is 2.30. The van der Waals surface area contributed by atoms with E-state index in [9.17, 15) is 13.6 Å². The highest BCUT2D eigenvalue weighted by atomic mass is 19.2. The molecule has 1 amide bonds. The molecule has 4 rings (SSSR count). The number of nitrogens with zero attached hydrogens (tertiary/aromatic N) is 5. The third kappa shape index (κ3) is 3.48. The second-order valence-electron chi connectivity index (χ2n) is 6.08. The van der Waals surface area contributed by atoms with Crippen molar-refractivity contribution in [2.45, 2.75) is 12.6 Å². The van der Waals surface area contributed by atoms with Crippen molar-refractivity contribution in [1.82, 2.24) is 24.6 Å². The van der Waals surface area contributed by atoms with Crippen LogP contribution in [0, 0.1) is 11.6 Å². The lowest BCUT2D eigenvalue weighted by molar-refractivity contribution is 0.0628. The molecular formula is C18H15F2N5O2. The fourth-order valence-corrected chi connectivity index (χ4v) is 3.01. The Balaban J connectivity index is 1.53. The maximum atomic E-state index is 13.5. The summed E-state index contributed by atoms with van der Waals surface area (Å²) in [5, 5.41) is 4.29. The molecular weight excluding hydrogens is 356 g/mol. The van der Waals surface area contributed by atoms with E-state index < -0.39 is 11.6 Å². The molecule has 7 nitrogen and oxygen atoms in total. The van der Waals surface area contributed by atoms with Gasteiger partial charge in [0, 0.05) is 30.7 Å². The number of aromatic nitrogens is 4. The molecule has 0 saturated heterocycles. The zero-order valence-corrected chi connectivity index (χ0v) is 14.1. The smallest absolute Gasteiger partial charge is 0.316 e. The van der Waals surface area contributed by atoms with Gasteiger partial charge in [-0.3, -0.25) is 9.48 Å². The summed E-state index contributed by atoms with van der Waals surface area (Å²) >= 11 is 0. The van der Waals surface area contributed by atoms with Gasteiger partial charge in [0.2, 0.25) is 0 Å². The van der Waals surface area contributed by atoms with Crippen LogP contribution in [0.2, 0.25) is 0 Å². The van der Waals surface area contributed by atoms with E-state index in [1.807, 2.05) is 0 Å². The summed E-state index contributed by atoms with van der Waals surface area (Å²) in [6.45, 7) is 0.829. The molecule has 0 aliphatic carbocycles. The van der Waals surface area contributed by atoms with Crippen LogP contribution in [0.15, 0.2) is 48.9 Å². The van der Waals surface area contributed by atoms with E-state index in [-0.39, 0.29) is 30.1 Å². The molecule has 0 fully saturated rings. The summed E-state index contributed by atoms with van der Waals surface area (Å²) < 4.78 is 34.0. The zero-order chi connectivity index (χ0) is 18.8. The van der Waals surface area contributed by atoms with Crippen LogP contribution in [0.1, 0.15) is 22.1 Å². The Morgan fingerprint density at radius 1 is 1.15 bits per heavy atom. The lowest BCUT2D eigenvalue weighted by Crippen LogP contribution is -2.43. The molecule has 27 heavy (non-hydrogen) atoms. The highest BCUT2D eigenvalue weighted by Crippen LogP contribution is 2.23. The Labute approximate surface area is 153 Å². The fraction of sp³-hybridized carbons (Fsp3) is 0.222. The predicted octanol–water partition coefficient (Wildman–Crippen LogP) is 2.23. The van der Waals surface area contributed by atoms with Crippen LogP contribution in [0.4, 0.5) is 8.78 Å². The number of hydrogen-bond acceptors (Lipinski definition) is 5. The maximum Gasteiger partial charge on any atom is 0.316 e. The van der Waals surface area contributed by atoms with Crippen LogP contribution in [-0.4, -0.2) is 43.7 Å². The molecule has 0 radical (unpaired) electrons. The lowest BCUT2D eigenvalue weighted by Gasteiger charge is -2.33. The Kier molecular flexibility index (Phi) is 4.49. The largest absolute Gasteiger partial charge is 0.461 e. The van der Waals surface area contributed by atoms with E-state index >= 15 is 0 Å². The highest BCUT2D eigenvalue weighted by molar-refractivity contribution is 5.94. The minimum Gasteiger partial charge on any atom is -0.461 e. The summed E-state index contributed by atoms with van der Waals surface area (Å²) in [7, 11) is 0. The van der Waals surface area contributed by atoms with Crippen molar-refractivity contribution in [3.63, 3.8) is 0 Å². The first-order chi connectivity index (χ1) is 13.1. The van der Waals surface area contributed by atoms with Gasteiger partial charge in [-0.05, 0) is 30.3 Å². The minimum atomic E-state index is -1.05.